The minimum atomic E-state index is -0.167. The van der Waals surface area contributed by atoms with Crippen LogP contribution in [-0.4, -0.2) is 37.7 Å². The molecule has 4 aromatic rings. The largest absolute Gasteiger partial charge is 0.361 e. The van der Waals surface area contributed by atoms with Gasteiger partial charge in [0.1, 0.15) is 38.0 Å². The first-order valence-corrected chi connectivity index (χ1v) is 11.8. The molecular formula is C28H32FN3+2. The Morgan fingerprint density at radius 1 is 0.781 bits per heavy atom. The van der Waals surface area contributed by atoms with Crippen molar-refractivity contribution in [1.82, 2.24) is 4.98 Å². The zero-order valence-corrected chi connectivity index (χ0v) is 18.5. The number of para-hydroxylation sites is 1. The number of piperazine rings is 1. The van der Waals surface area contributed by atoms with Gasteiger partial charge in [0, 0.05) is 34.6 Å². The van der Waals surface area contributed by atoms with Crippen molar-refractivity contribution in [3.05, 3.63) is 108 Å². The van der Waals surface area contributed by atoms with E-state index in [1.807, 2.05) is 12.1 Å². The molecule has 164 valence electrons. The number of hydrogen-bond donors (Lipinski definition) is 3. The van der Waals surface area contributed by atoms with Crippen LogP contribution in [-0.2, 0) is 6.42 Å². The summed E-state index contributed by atoms with van der Waals surface area (Å²) in [4.78, 5) is 6.69. The van der Waals surface area contributed by atoms with Gasteiger partial charge < -0.3 is 14.8 Å². The first kappa shape index (κ1) is 20.9. The van der Waals surface area contributed by atoms with Crippen LogP contribution in [0.1, 0.15) is 29.2 Å². The van der Waals surface area contributed by atoms with Crippen LogP contribution in [0.15, 0.2) is 85.1 Å². The van der Waals surface area contributed by atoms with E-state index < -0.39 is 0 Å². The minimum absolute atomic E-state index is 0.167. The molecule has 0 amide bonds. The number of hydrogen-bond acceptors (Lipinski definition) is 0. The summed E-state index contributed by atoms with van der Waals surface area (Å²) in [6, 6.07) is 26.7. The Kier molecular flexibility index (Phi) is 6.33. The molecule has 0 bridgehead atoms. The molecule has 1 aliphatic rings. The van der Waals surface area contributed by atoms with Crippen LogP contribution in [0.4, 0.5) is 4.39 Å². The third-order valence-corrected chi connectivity index (χ3v) is 7.00. The average molecular weight is 430 g/mol. The molecule has 5 rings (SSSR count). The first-order chi connectivity index (χ1) is 15.8. The Hall–Kier alpha value is -2.95. The van der Waals surface area contributed by atoms with Crippen molar-refractivity contribution in [3.63, 3.8) is 0 Å². The number of rotatable bonds is 7. The second-order valence-electron chi connectivity index (χ2n) is 9.02. The summed E-state index contributed by atoms with van der Waals surface area (Å²) >= 11 is 0. The Bertz CT molecular complexity index is 1130. The first-order valence-electron chi connectivity index (χ1n) is 11.8. The number of aryl methyl sites for hydroxylation is 1. The summed E-state index contributed by atoms with van der Waals surface area (Å²) in [5, 5.41) is 1.36. The summed E-state index contributed by atoms with van der Waals surface area (Å²) < 4.78 is 13.5. The second kappa shape index (κ2) is 9.68. The van der Waals surface area contributed by atoms with Gasteiger partial charge in [-0.2, -0.15) is 0 Å². The van der Waals surface area contributed by atoms with Gasteiger partial charge in [-0.1, -0.05) is 48.5 Å². The van der Waals surface area contributed by atoms with Gasteiger partial charge in [0.25, 0.3) is 0 Å². The van der Waals surface area contributed by atoms with Crippen molar-refractivity contribution < 1.29 is 14.2 Å². The zero-order chi connectivity index (χ0) is 21.8. The van der Waals surface area contributed by atoms with Crippen molar-refractivity contribution in [2.45, 2.75) is 18.9 Å². The molecule has 0 aliphatic carbocycles. The molecular weight excluding hydrogens is 397 g/mol. The van der Waals surface area contributed by atoms with Gasteiger partial charge in [0.15, 0.2) is 0 Å². The van der Waals surface area contributed by atoms with E-state index in [4.69, 9.17) is 0 Å². The fourth-order valence-corrected chi connectivity index (χ4v) is 5.30. The average Bonchev–Trinajstić information content (AvgIpc) is 3.25. The molecule has 1 fully saturated rings. The van der Waals surface area contributed by atoms with Crippen LogP contribution in [0.5, 0.6) is 0 Å². The number of fused-ring (bicyclic) bond motifs is 1. The quantitative estimate of drug-likeness (QED) is 0.403. The minimum Gasteiger partial charge on any atom is -0.361 e. The molecule has 1 atom stereocenters. The molecule has 2 heterocycles. The van der Waals surface area contributed by atoms with E-state index in [0.717, 1.165) is 19.5 Å². The lowest BCUT2D eigenvalue weighted by Gasteiger charge is -2.35. The highest BCUT2D eigenvalue weighted by molar-refractivity contribution is 5.82. The molecule has 0 saturated carbocycles. The molecule has 0 unspecified atom stereocenters. The van der Waals surface area contributed by atoms with E-state index in [2.05, 4.69) is 65.8 Å². The predicted molar refractivity (Wildman–Crippen MR) is 128 cm³/mol. The Labute approximate surface area is 189 Å². The number of quaternary nitrogens is 2. The van der Waals surface area contributed by atoms with Crippen molar-refractivity contribution in [2.24, 2.45) is 0 Å². The maximum absolute atomic E-state index is 13.5. The highest BCUT2D eigenvalue weighted by Gasteiger charge is 2.31. The van der Waals surface area contributed by atoms with E-state index >= 15 is 0 Å². The van der Waals surface area contributed by atoms with E-state index in [9.17, 15) is 4.39 Å². The van der Waals surface area contributed by atoms with Gasteiger partial charge in [-0.25, -0.2) is 4.39 Å². The molecule has 32 heavy (non-hydrogen) atoms. The molecule has 0 radical (unpaired) electrons. The molecule has 1 saturated heterocycles. The molecule has 3 N–H and O–H groups in total. The van der Waals surface area contributed by atoms with Gasteiger partial charge in [-0.05, 0) is 42.3 Å². The number of aromatic nitrogens is 1. The maximum atomic E-state index is 13.5. The van der Waals surface area contributed by atoms with E-state index in [0.29, 0.717) is 0 Å². The van der Waals surface area contributed by atoms with Gasteiger partial charge in [0.05, 0.1) is 6.54 Å². The Morgan fingerprint density at radius 2 is 1.47 bits per heavy atom. The van der Waals surface area contributed by atoms with Crippen LogP contribution >= 0.6 is 0 Å². The van der Waals surface area contributed by atoms with E-state index in [1.165, 1.54) is 53.6 Å². The zero-order valence-electron chi connectivity index (χ0n) is 18.5. The van der Waals surface area contributed by atoms with Crippen molar-refractivity contribution in [3.8, 4) is 0 Å². The highest BCUT2D eigenvalue weighted by Crippen LogP contribution is 2.20. The lowest BCUT2D eigenvalue weighted by Crippen LogP contribution is -3.28. The third-order valence-electron chi connectivity index (χ3n) is 7.00. The third kappa shape index (κ3) is 4.62. The molecule has 1 aromatic heterocycles. The van der Waals surface area contributed by atoms with Crippen LogP contribution in [0.2, 0.25) is 0 Å². The standard InChI is InChI=1S/C28H30FN3/c29-25-14-12-23(13-15-25)28(22-7-2-1-3-8-22)32-19-17-31(18-20-32)16-6-9-24-21-30-27-11-5-4-10-26(24)27/h1-5,7-8,10-15,21,28,30H,6,9,16-20H2/p+2/t28-/m1/s1. The van der Waals surface area contributed by atoms with Gasteiger partial charge >= 0.3 is 0 Å². The fourth-order valence-electron chi connectivity index (χ4n) is 5.30. The number of nitrogens with one attached hydrogen (secondary N) is 3. The van der Waals surface area contributed by atoms with E-state index in [-0.39, 0.29) is 11.9 Å². The maximum Gasteiger partial charge on any atom is 0.139 e. The Balaban J connectivity index is 1.20. The molecule has 1 aliphatic heterocycles. The Morgan fingerprint density at radius 3 is 2.25 bits per heavy atom. The lowest BCUT2D eigenvalue weighted by atomic mass is 9.96. The number of H-pyrrole nitrogens is 1. The van der Waals surface area contributed by atoms with Crippen molar-refractivity contribution in [2.75, 3.05) is 32.7 Å². The topological polar surface area (TPSA) is 24.7 Å². The van der Waals surface area contributed by atoms with Gasteiger partial charge in [0.2, 0.25) is 0 Å². The predicted octanol–water partition coefficient (Wildman–Crippen LogP) is 2.81. The number of halogens is 1. The van der Waals surface area contributed by atoms with Crippen LogP contribution in [0.3, 0.4) is 0 Å². The van der Waals surface area contributed by atoms with Crippen LogP contribution < -0.4 is 9.80 Å². The van der Waals surface area contributed by atoms with Crippen LogP contribution in [0.25, 0.3) is 10.9 Å². The number of benzene rings is 3. The monoisotopic (exact) mass is 429 g/mol. The van der Waals surface area contributed by atoms with Gasteiger partial charge in [-0.15, -0.1) is 0 Å². The summed E-state index contributed by atoms with van der Waals surface area (Å²) in [7, 11) is 0. The molecule has 3 nitrogen and oxygen atoms in total. The smallest absolute Gasteiger partial charge is 0.139 e. The van der Waals surface area contributed by atoms with E-state index in [1.54, 1.807) is 21.9 Å². The lowest BCUT2D eigenvalue weighted by molar-refractivity contribution is -1.02. The fraction of sp³-hybridized carbons (Fsp3) is 0.286. The summed E-state index contributed by atoms with van der Waals surface area (Å²) in [6.45, 7) is 5.87. The van der Waals surface area contributed by atoms with Crippen molar-refractivity contribution >= 4 is 10.9 Å². The summed E-state index contributed by atoms with van der Waals surface area (Å²) in [6.07, 6.45) is 4.52. The molecule has 4 heteroatoms. The van der Waals surface area contributed by atoms with Crippen molar-refractivity contribution in [1.29, 1.82) is 0 Å². The number of aromatic amines is 1. The highest BCUT2D eigenvalue weighted by atomic mass is 19.1. The van der Waals surface area contributed by atoms with Crippen LogP contribution in [0, 0.1) is 5.82 Å². The summed E-state index contributed by atoms with van der Waals surface area (Å²) in [5.74, 6) is -0.167. The summed E-state index contributed by atoms with van der Waals surface area (Å²) in [5.41, 5.74) is 5.19. The molecule has 0 spiro atoms. The molecule has 3 aromatic carbocycles. The SMILES string of the molecule is Fc1ccc([C@@H](c2ccccc2)[NH+]2CC[NH+](CCCc3c[nH]c4ccccc34)CC2)cc1. The van der Waals surface area contributed by atoms with Gasteiger partial charge in [-0.3, -0.25) is 0 Å². The second-order valence-corrected chi connectivity index (χ2v) is 9.02. The normalized spacial score (nSPS) is 19.8.